The van der Waals surface area contributed by atoms with Crippen LogP contribution >= 0.6 is 11.3 Å². The first-order chi connectivity index (χ1) is 11.6. The average molecular weight is 350 g/mol. The van der Waals surface area contributed by atoms with Crippen molar-refractivity contribution in [1.82, 2.24) is 0 Å². The Kier molecular flexibility index (Phi) is 7.69. The number of aliphatic hydroxyl groups excluding tert-OH is 2. The van der Waals surface area contributed by atoms with Crippen molar-refractivity contribution in [3.8, 4) is 0 Å². The number of thiophene rings is 1. The number of rotatable bonds is 11. The van der Waals surface area contributed by atoms with E-state index in [1.807, 2.05) is 6.07 Å². The lowest BCUT2D eigenvalue weighted by Crippen LogP contribution is -2.43. The van der Waals surface area contributed by atoms with Gasteiger partial charge in [0.1, 0.15) is 0 Å². The fraction of sp³-hybridized carbons (Fsp3) is 0.600. The Labute approximate surface area is 149 Å². The van der Waals surface area contributed by atoms with Crippen LogP contribution in [0.1, 0.15) is 62.3 Å². The molecular formula is C20H31NO2S. The van der Waals surface area contributed by atoms with E-state index in [9.17, 15) is 10.2 Å². The van der Waals surface area contributed by atoms with Crippen LogP contribution in [0.25, 0.3) is 10.1 Å². The number of benzene rings is 1. The molecule has 0 unspecified atom stereocenters. The molecule has 0 aliphatic carbocycles. The lowest BCUT2D eigenvalue weighted by molar-refractivity contribution is 0.123. The summed E-state index contributed by atoms with van der Waals surface area (Å²) >= 11 is 1.56. The van der Waals surface area contributed by atoms with Crippen molar-refractivity contribution < 1.29 is 10.2 Å². The molecule has 0 aliphatic heterocycles. The minimum atomic E-state index is -1.04. The van der Waals surface area contributed by atoms with E-state index < -0.39 is 5.54 Å². The van der Waals surface area contributed by atoms with Crippen molar-refractivity contribution in [3.05, 3.63) is 34.7 Å². The SMILES string of the molecule is CCCCCCCCCc1ccc2sc(C(N)(CO)CO)cc2c1. The fourth-order valence-corrected chi connectivity index (χ4v) is 4.11. The maximum absolute atomic E-state index is 9.46. The monoisotopic (exact) mass is 349 g/mol. The number of hydrogen-bond acceptors (Lipinski definition) is 4. The van der Waals surface area contributed by atoms with Gasteiger partial charge in [-0.3, -0.25) is 0 Å². The number of nitrogens with two attached hydrogens (primary N) is 1. The number of aryl methyl sites for hydroxylation is 1. The maximum atomic E-state index is 9.46. The second kappa shape index (κ2) is 9.52. The van der Waals surface area contributed by atoms with Crippen LogP contribution in [-0.2, 0) is 12.0 Å². The van der Waals surface area contributed by atoms with Gasteiger partial charge in [0.15, 0.2) is 0 Å². The van der Waals surface area contributed by atoms with Crippen LogP contribution in [0, 0.1) is 0 Å². The Bertz CT molecular complexity index is 619. The van der Waals surface area contributed by atoms with Gasteiger partial charge in [-0.05, 0) is 35.9 Å². The third-order valence-corrected chi connectivity index (χ3v) is 6.04. The van der Waals surface area contributed by atoms with E-state index in [0.717, 1.165) is 21.4 Å². The molecule has 1 heterocycles. The van der Waals surface area contributed by atoms with Gasteiger partial charge in [0.2, 0.25) is 0 Å². The first-order valence-electron chi connectivity index (χ1n) is 9.16. The summed E-state index contributed by atoms with van der Waals surface area (Å²) in [5.74, 6) is 0. The Morgan fingerprint density at radius 1 is 0.958 bits per heavy atom. The Hall–Kier alpha value is -0.940. The van der Waals surface area contributed by atoms with Gasteiger partial charge >= 0.3 is 0 Å². The topological polar surface area (TPSA) is 66.5 Å². The minimum Gasteiger partial charge on any atom is -0.394 e. The highest BCUT2D eigenvalue weighted by atomic mass is 32.1. The number of hydrogen-bond donors (Lipinski definition) is 3. The van der Waals surface area contributed by atoms with Gasteiger partial charge in [0, 0.05) is 9.58 Å². The molecule has 2 aromatic rings. The number of unbranched alkanes of at least 4 members (excludes halogenated alkanes) is 6. The second-order valence-electron chi connectivity index (χ2n) is 6.83. The van der Waals surface area contributed by atoms with Gasteiger partial charge in [-0.15, -0.1) is 11.3 Å². The first-order valence-corrected chi connectivity index (χ1v) is 9.98. The van der Waals surface area contributed by atoms with Crippen molar-refractivity contribution in [2.45, 2.75) is 63.8 Å². The highest BCUT2D eigenvalue weighted by Crippen LogP contribution is 2.32. The van der Waals surface area contributed by atoms with Crippen LogP contribution in [0.2, 0.25) is 0 Å². The molecule has 4 N–H and O–H groups in total. The molecule has 0 saturated heterocycles. The minimum absolute atomic E-state index is 0.249. The largest absolute Gasteiger partial charge is 0.394 e. The van der Waals surface area contributed by atoms with Crippen LogP contribution in [0.5, 0.6) is 0 Å². The normalized spacial score (nSPS) is 12.2. The Balaban J connectivity index is 1.91. The molecule has 0 spiro atoms. The molecule has 0 aliphatic rings. The van der Waals surface area contributed by atoms with Crippen LogP contribution in [-0.4, -0.2) is 23.4 Å². The van der Waals surface area contributed by atoms with Crippen molar-refractivity contribution in [2.75, 3.05) is 13.2 Å². The van der Waals surface area contributed by atoms with Gasteiger partial charge in [-0.25, -0.2) is 0 Å². The molecule has 0 atom stereocenters. The molecule has 1 aromatic carbocycles. The molecule has 0 bridgehead atoms. The number of aliphatic hydroxyl groups is 2. The molecule has 24 heavy (non-hydrogen) atoms. The van der Waals surface area contributed by atoms with Crippen LogP contribution < -0.4 is 5.73 Å². The van der Waals surface area contributed by atoms with Gasteiger partial charge in [0.25, 0.3) is 0 Å². The molecule has 0 radical (unpaired) electrons. The molecule has 4 heteroatoms. The quantitative estimate of drug-likeness (QED) is 0.529. The molecule has 2 rings (SSSR count). The summed E-state index contributed by atoms with van der Waals surface area (Å²) < 4.78 is 1.16. The smallest absolute Gasteiger partial charge is 0.0971 e. The van der Waals surface area contributed by atoms with Gasteiger partial charge in [-0.2, -0.15) is 0 Å². The highest BCUT2D eigenvalue weighted by molar-refractivity contribution is 7.19. The van der Waals surface area contributed by atoms with E-state index in [1.165, 1.54) is 50.5 Å². The summed E-state index contributed by atoms with van der Waals surface area (Å²) in [4.78, 5) is 0.843. The van der Waals surface area contributed by atoms with E-state index in [-0.39, 0.29) is 13.2 Å². The van der Waals surface area contributed by atoms with E-state index in [0.29, 0.717) is 0 Å². The summed E-state index contributed by atoms with van der Waals surface area (Å²) in [5.41, 5.74) is 6.40. The van der Waals surface area contributed by atoms with Gasteiger partial charge < -0.3 is 15.9 Å². The zero-order valence-electron chi connectivity index (χ0n) is 14.8. The molecule has 1 aromatic heterocycles. The molecule has 0 saturated carbocycles. The van der Waals surface area contributed by atoms with E-state index in [4.69, 9.17) is 5.73 Å². The van der Waals surface area contributed by atoms with Crippen molar-refractivity contribution in [2.24, 2.45) is 5.73 Å². The average Bonchev–Trinajstić information content (AvgIpc) is 3.04. The standard InChI is InChI=1S/C20H31NO2S/c1-2-3-4-5-6-7-8-9-16-10-11-18-17(12-16)13-19(24-18)20(21,14-22)15-23/h10-13,22-23H,2-9,14-15,21H2,1H3. The van der Waals surface area contributed by atoms with Crippen molar-refractivity contribution >= 4 is 21.4 Å². The van der Waals surface area contributed by atoms with Crippen LogP contribution in [0.15, 0.2) is 24.3 Å². The highest BCUT2D eigenvalue weighted by Gasteiger charge is 2.27. The van der Waals surface area contributed by atoms with E-state index in [1.54, 1.807) is 11.3 Å². The Morgan fingerprint density at radius 2 is 1.62 bits per heavy atom. The second-order valence-corrected chi connectivity index (χ2v) is 7.91. The molecule has 3 nitrogen and oxygen atoms in total. The number of fused-ring (bicyclic) bond motifs is 1. The summed E-state index contributed by atoms with van der Waals surface area (Å²) in [6.45, 7) is 1.75. The lowest BCUT2D eigenvalue weighted by Gasteiger charge is -2.22. The van der Waals surface area contributed by atoms with Gasteiger partial charge in [0.05, 0.1) is 18.8 Å². The fourth-order valence-electron chi connectivity index (χ4n) is 2.99. The van der Waals surface area contributed by atoms with E-state index in [2.05, 4.69) is 25.1 Å². The van der Waals surface area contributed by atoms with E-state index >= 15 is 0 Å². The van der Waals surface area contributed by atoms with Crippen LogP contribution in [0.3, 0.4) is 0 Å². The van der Waals surface area contributed by atoms with Crippen molar-refractivity contribution in [3.63, 3.8) is 0 Å². The first kappa shape index (κ1) is 19.4. The summed E-state index contributed by atoms with van der Waals surface area (Å²) in [6, 6.07) is 8.56. The maximum Gasteiger partial charge on any atom is 0.0971 e. The van der Waals surface area contributed by atoms with Crippen molar-refractivity contribution in [1.29, 1.82) is 0 Å². The molecule has 134 valence electrons. The van der Waals surface area contributed by atoms with Gasteiger partial charge in [-0.1, -0.05) is 57.6 Å². The molecule has 0 amide bonds. The summed E-state index contributed by atoms with van der Waals surface area (Å²) in [5, 5.41) is 20.1. The zero-order chi connectivity index (χ0) is 17.4. The lowest BCUT2D eigenvalue weighted by atomic mass is 10.00. The summed E-state index contributed by atoms with van der Waals surface area (Å²) in [7, 11) is 0. The Morgan fingerprint density at radius 3 is 2.29 bits per heavy atom. The zero-order valence-corrected chi connectivity index (χ0v) is 15.6. The predicted octanol–water partition coefficient (Wildman–Crippen LogP) is 4.33. The molecule has 0 fully saturated rings. The third-order valence-electron chi connectivity index (χ3n) is 4.70. The van der Waals surface area contributed by atoms with Crippen LogP contribution in [0.4, 0.5) is 0 Å². The summed E-state index contributed by atoms with van der Waals surface area (Å²) in [6.07, 6.45) is 10.4. The molecular weight excluding hydrogens is 318 g/mol. The third kappa shape index (κ3) is 5.03. The predicted molar refractivity (Wildman–Crippen MR) is 104 cm³/mol.